The van der Waals surface area contributed by atoms with Crippen LogP contribution < -0.4 is 0 Å². The van der Waals surface area contributed by atoms with Gasteiger partial charge in [0.1, 0.15) is 5.76 Å². The Hall–Kier alpha value is -2.99. The second kappa shape index (κ2) is 8.35. The van der Waals surface area contributed by atoms with Crippen LogP contribution in [0.1, 0.15) is 17.0 Å². The maximum atomic E-state index is 12.7. The Labute approximate surface area is 164 Å². The molecule has 1 aromatic carbocycles. The van der Waals surface area contributed by atoms with Crippen molar-refractivity contribution >= 4 is 5.91 Å². The highest BCUT2D eigenvalue weighted by Crippen LogP contribution is 2.21. The number of oxazole rings is 1. The van der Waals surface area contributed by atoms with Crippen molar-refractivity contribution in [2.45, 2.75) is 19.9 Å². The Morgan fingerprint density at radius 2 is 1.86 bits per heavy atom. The third kappa shape index (κ3) is 4.28. The van der Waals surface area contributed by atoms with Crippen LogP contribution in [0.25, 0.3) is 11.5 Å². The van der Waals surface area contributed by atoms with Crippen molar-refractivity contribution in [3.63, 3.8) is 0 Å². The van der Waals surface area contributed by atoms with Crippen molar-refractivity contribution in [1.29, 1.82) is 0 Å². The summed E-state index contributed by atoms with van der Waals surface area (Å²) >= 11 is 0. The summed E-state index contributed by atoms with van der Waals surface area (Å²) in [7, 11) is 0. The van der Waals surface area contributed by atoms with E-state index in [9.17, 15) is 4.79 Å². The number of hydrogen-bond acceptors (Lipinski definition) is 5. The molecule has 144 valence electrons. The molecule has 3 heterocycles. The van der Waals surface area contributed by atoms with E-state index in [1.165, 1.54) is 5.56 Å². The van der Waals surface area contributed by atoms with Crippen molar-refractivity contribution < 1.29 is 9.21 Å². The Bertz CT molecular complexity index is 916. The molecule has 1 aliphatic heterocycles. The average molecular weight is 376 g/mol. The molecule has 0 radical (unpaired) electrons. The predicted octanol–water partition coefficient (Wildman–Crippen LogP) is 2.93. The van der Waals surface area contributed by atoms with Crippen molar-refractivity contribution in [3.05, 3.63) is 71.9 Å². The van der Waals surface area contributed by atoms with Gasteiger partial charge in [-0.05, 0) is 24.6 Å². The fourth-order valence-electron chi connectivity index (χ4n) is 3.46. The van der Waals surface area contributed by atoms with Gasteiger partial charge in [-0.2, -0.15) is 0 Å². The summed E-state index contributed by atoms with van der Waals surface area (Å²) in [5.74, 6) is 1.31. The van der Waals surface area contributed by atoms with Crippen molar-refractivity contribution in [2.75, 3.05) is 26.2 Å². The predicted molar refractivity (Wildman–Crippen MR) is 106 cm³/mol. The minimum Gasteiger partial charge on any atom is -0.441 e. The van der Waals surface area contributed by atoms with Gasteiger partial charge in [-0.15, -0.1) is 0 Å². The van der Waals surface area contributed by atoms with E-state index in [0.717, 1.165) is 38.3 Å². The van der Waals surface area contributed by atoms with Crippen LogP contribution in [0.3, 0.4) is 0 Å². The molecular formula is C22H24N4O2. The van der Waals surface area contributed by atoms with Gasteiger partial charge in [0.2, 0.25) is 11.8 Å². The molecule has 0 N–H and O–H groups in total. The number of hydrogen-bond donors (Lipinski definition) is 0. The second-order valence-corrected chi connectivity index (χ2v) is 7.08. The maximum absolute atomic E-state index is 12.7. The zero-order chi connectivity index (χ0) is 19.3. The fraction of sp³-hybridized carbons (Fsp3) is 0.318. The zero-order valence-corrected chi connectivity index (χ0v) is 16.0. The first-order valence-corrected chi connectivity index (χ1v) is 9.60. The molecular weight excluding hydrogens is 352 g/mol. The molecule has 0 atom stereocenters. The summed E-state index contributed by atoms with van der Waals surface area (Å²) in [6, 6.07) is 14.2. The number of amides is 1. The molecule has 6 heteroatoms. The van der Waals surface area contributed by atoms with Crippen LogP contribution in [0, 0.1) is 6.92 Å². The summed E-state index contributed by atoms with van der Waals surface area (Å²) < 4.78 is 5.74. The molecule has 1 amide bonds. The number of aromatic nitrogens is 2. The van der Waals surface area contributed by atoms with Gasteiger partial charge in [0.25, 0.3) is 0 Å². The SMILES string of the molecule is Cc1oc(-c2cccnc2)nc1CC(=O)N1CCN(Cc2ccccc2)CC1. The quantitative estimate of drug-likeness (QED) is 0.685. The third-order valence-electron chi connectivity index (χ3n) is 5.09. The van der Waals surface area contributed by atoms with E-state index < -0.39 is 0 Å². The van der Waals surface area contributed by atoms with Crippen LogP contribution in [0.2, 0.25) is 0 Å². The molecule has 0 aliphatic carbocycles. The number of pyridine rings is 1. The van der Waals surface area contributed by atoms with E-state index in [-0.39, 0.29) is 12.3 Å². The zero-order valence-electron chi connectivity index (χ0n) is 16.0. The van der Waals surface area contributed by atoms with Crippen molar-refractivity contribution in [1.82, 2.24) is 19.8 Å². The topological polar surface area (TPSA) is 62.5 Å². The third-order valence-corrected chi connectivity index (χ3v) is 5.09. The fourth-order valence-corrected chi connectivity index (χ4v) is 3.46. The van der Waals surface area contributed by atoms with Crippen LogP contribution in [0.4, 0.5) is 0 Å². The highest BCUT2D eigenvalue weighted by Gasteiger charge is 2.23. The highest BCUT2D eigenvalue weighted by molar-refractivity contribution is 5.78. The minimum absolute atomic E-state index is 0.105. The molecule has 3 aromatic rings. The van der Waals surface area contributed by atoms with Crippen LogP contribution in [0.5, 0.6) is 0 Å². The number of benzene rings is 1. The van der Waals surface area contributed by atoms with Crippen LogP contribution in [0.15, 0.2) is 59.3 Å². The van der Waals surface area contributed by atoms with Crippen molar-refractivity contribution in [2.24, 2.45) is 0 Å². The Balaban J connectivity index is 1.33. The van der Waals surface area contributed by atoms with E-state index >= 15 is 0 Å². The first kappa shape index (κ1) is 18.4. The van der Waals surface area contributed by atoms with Gasteiger partial charge >= 0.3 is 0 Å². The summed E-state index contributed by atoms with van der Waals surface area (Å²) in [4.78, 5) is 25.7. The van der Waals surface area contributed by atoms with Gasteiger partial charge in [-0.3, -0.25) is 14.7 Å². The molecule has 1 aliphatic rings. The van der Waals surface area contributed by atoms with Crippen LogP contribution in [-0.2, 0) is 17.8 Å². The normalized spacial score (nSPS) is 15.0. The van der Waals surface area contributed by atoms with Crippen LogP contribution >= 0.6 is 0 Å². The summed E-state index contributed by atoms with van der Waals surface area (Å²) in [6.07, 6.45) is 3.69. The van der Waals surface area contributed by atoms with E-state index in [2.05, 4.69) is 39.1 Å². The number of rotatable bonds is 5. The molecule has 0 saturated carbocycles. The van der Waals surface area contributed by atoms with Gasteiger partial charge < -0.3 is 9.32 Å². The van der Waals surface area contributed by atoms with Crippen molar-refractivity contribution in [3.8, 4) is 11.5 Å². The number of aryl methyl sites for hydroxylation is 1. The summed E-state index contributed by atoms with van der Waals surface area (Å²) in [5.41, 5.74) is 2.83. The van der Waals surface area contributed by atoms with Crippen LogP contribution in [-0.4, -0.2) is 51.9 Å². The molecule has 0 spiro atoms. The van der Waals surface area contributed by atoms with E-state index in [1.54, 1.807) is 12.4 Å². The standard InChI is InChI=1S/C22H24N4O2/c1-17-20(24-22(28-17)19-8-5-9-23-15-19)14-21(27)26-12-10-25(11-13-26)16-18-6-3-2-4-7-18/h2-9,15H,10-14,16H2,1H3. The first-order valence-electron chi connectivity index (χ1n) is 9.60. The largest absolute Gasteiger partial charge is 0.441 e. The second-order valence-electron chi connectivity index (χ2n) is 7.08. The number of piperazine rings is 1. The highest BCUT2D eigenvalue weighted by atomic mass is 16.4. The molecule has 1 saturated heterocycles. The van der Waals surface area contributed by atoms with Gasteiger partial charge in [-0.25, -0.2) is 4.98 Å². The summed E-state index contributed by atoms with van der Waals surface area (Å²) in [5, 5.41) is 0. The smallest absolute Gasteiger partial charge is 0.228 e. The number of carbonyl (C=O) groups is 1. The lowest BCUT2D eigenvalue weighted by atomic mass is 10.2. The van der Waals surface area contributed by atoms with Gasteiger partial charge in [0, 0.05) is 45.1 Å². The molecule has 0 bridgehead atoms. The first-order chi connectivity index (χ1) is 13.7. The Kier molecular flexibility index (Phi) is 5.48. The number of carbonyl (C=O) groups excluding carboxylic acids is 1. The lowest BCUT2D eigenvalue weighted by molar-refractivity contribution is -0.132. The molecule has 1 fully saturated rings. The summed E-state index contributed by atoms with van der Waals surface area (Å²) in [6.45, 7) is 6.06. The minimum atomic E-state index is 0.105. The Morgan fingerprint density at radius 1 is 1.07 bits per heavy atom. The molecule has 28 heavy (non-hydrogen) atoms. The van der Waals surface area contributed by atoms with E-state index in [0.29, 0.717) is 17.3 Å². The van der Waals surface area contributed by atoms with E-state index in [1.807, 2.05) is 30.0 Å². The maximum Gasteiger partial charge on any atom is 0.228 e. The Morgan fingerprint density at radius 3 is 2.57 bits per heavy atom. The average Bonchev–Trinajstić information content (AvgIpc) is 3.10. The van der Waals surface area contributed by atoms with Gasteiger partial charge in [0.15, 0.2) is 0 Å². The molecule has 6 nitrogen and oxygen atoms in total. The molecule has 0 unspecified atom stereocenters. The molecule has 2 aromatic heterocycles. The number of nitrogens with zero attached hydrogens (tertiary/aromatic N) is 4. The van der Waals surface area contributed by atoms with Gasteiger partial charge in [0.05, 0.1) is 17.7 Å². The lowest BCUT2D eigenvalue weighted by Crippen LogP contribution is -2.48. The molecule has 4 rings (SSSR count). The monoisotopic (exact) mass is 376 g/mol. The van der Waals surface area contributed by atoms with E-state index in [4.69, 9.17) is 4.42 Å². The lowest BCUT2D eigenvalue weighted by Gasteiger charge is -2.34. The van der Waals surface area contributed by atoms with Gasteiger partial charge in [-0.1, -0.05) is 30.3 Å².